The minimum absolute atomic E-state index is 0.271. The first-order valence-corrected chi connectivity index (χ1v) is 6.48. The molecular formula is C15H14N2O2S. The van der Waals surface area contributed by atoms with Crippen LogP contribution >= 0.6 is 12.2 Å². The maximum absolute atomic E-state index is 11.3. The summed E-state index contributed by atoms with van der Waals surface area (Å²) >= 11 is 5.15. The highest BCUT2D eigenvalue weighted by atomic mass is 32.1. The summed E-state index contributed by atoms with van der Waals surface area (Å²) in [7, 11) is 0. The number of benzene rings is 2. The van der Waals surface area contributed by atoms with Gasteiger partial charge < -0.3 is 15.7 Å². The third-order valence-electron chi connectivity index (χ3n) is 2.69. The molecule has 0 aliphatic heterocycles. The third-order valence-corrected chi connectivity index (χ3v) is 2.91. The van der Waals surface area contributed by atoms with E-state index in [1.54, 1.807) is 24.3 Å². The number of anilines is 1. The molecule has 0 unspecified atom stereocenters. The average Bonchev–Trinajstić information content (AvgIpc) is 2.46. The molecule has 0 fully saturated rings. The molecule has 2 aromatic carbocycles. The fourth-order valence-electron chi connectivity index (χ4n) is 1.75. The van der Waals surface area contributed by atoms with E-state index in [2.05, 4.69) is 10.6 Å². The van der Waals surface area contributed by atoms with Crippen LogP contribution in [0.1, 0.15) is 11.6 Å². The van der Waals surface area contributed by atoms with Gasteiger partial charge >= 0.3 is 5.97 Å². The molecular weight excluding hydrogens is 272 g/mol. The molecule has 0 amide bonds. The van der Waals surface area contributed by atoms with E-state index >= 15 is 0 Å². The van der Waals surface area contributed by atoms with Crippen LogP contribution in [0.25, 0.3) is 0 Å². The van der Waals surface area contributed by atoms with Crippen LogP contribution in [0.2, 0.25) is 0 Å². The summed E-state index contributed by atoms with van der Waals surface area (Å²) < 4.78 is 0. The van der Waals surface area contributed by atoms with Crippen LogP contribution in [0.3, 0.4) is 0 Å². The van der Waals surface area contributed by atoms with Crippen LogP contribution in [-0.2, 0) is 4.79 Å². The van der Waals surface area contributed by atoms with Crippen LogP contribution in [0.5, 0.6) is 0 Å². The van der Waals surface area contributed by atoms with Gasteiger partial charge in [-0.1, -0.05) is 48.5 Å². The van der Waals surface area contributed by atoms with Gasteiger partial charge in [0.25, 0.3) is 0 Å². The normalized spacial score (nSPS) is 11.4. The molecule has 0 saturated heterocycles. The van der Waals surface area contributed by atoms with Crippen molar-refractivity contribution < 1.29 is 9.90 Å². The van der Waals surface area contributed by atoms with Crippen LogP contribution in [0, 0.1) is 0 Å². The van der Waals surface area contributed by atoms with Crippen LogP contribution in [0.4, 0.5) is 5.69 Å². The summed E-state index contributed by atoms with van der Waals surface area (Å²) in [5, 5.41) is 15.3. The van der Waals surface area contributed by atoms with E-state index < -0.39 is 12.0 Å². The van der Waals surface area contributed by atoms with Crippen molar-refractivity contribution in [2.45, 2.75) is 6.04 Å². The number of para-hydroxylation sites is 1. The fourth-order valence-corrected chi connectivity index (χ4v) is 1.99. The van der Waals surface area contributed by atoms with Crippen molar-refractivity contribution in [1.29, 1.82) is 0 Å². The van der Waals surface area contributed by atoms with Crippen LogP contribution < -0.4 is 10.6 Å². The molecule has 5 heteroatoms. The van der Waals surface area contributed by atoms with E-state index in [0.29, 0.717) is 5.56 Å². The number of hydrogen-bond donors (Lipinski definition) is 3. The van der Waals surface area contributed by atoms with E-state index in [1.807, 2.05) is 36.4 Å². The Labute approximate surface area is 122 Å². The first kappa shape index (κ1) is 14.0. The molecule has 102 valence electrons. The smallest absolute Gasteiger partial charge is 0.330 e. The number of nitrogens with one attached hydrogen (secondary N) is 2. The molecule has 0 radical (unpaired) electrons. The topological polar surface area (TPSA) is 61.4 Å². The van der Waals surface area contributed by atoms with Gasteiger partial charge in [-0.2, -0.15) is 0 Å². The van der Waals surface area contributed by atoms with Crippen LogP contribution in [-0.4, -0.2) is 16.2 Å². The number of carboxylic acid groups (broad SMARTS) is 1. The SMILES string of the molecule is O=C(O)[C@H](NC(=S)Nc1ccccc1)c1ccccc1. The summed E-state index contributed by atoms with van der Waals surface area (Å²) in [4.78, 5) is 11.3. The molecule has 0 spiro atoms. The molecule has 0 aliphatic rings. The van der Waals surface area contributed by atoms with Crippen molar-refractivity contribution in [2.24, 2.45) is 0 Å². The Hall–Kier alpha value is -2.40. The van der Waals surface area contributed by atoms with Crippen molar-refractivity contribution in [3.63, 3.8) is 0 Å². The largest absolute Gasteiger partial charge is 0.479 e. The highest BCUT2D eigenvalue weighted by Gasteiger charge is 2.20. The van der Waals surface area contributed by atoms with Gasteiger partial charge in [0.05, 0.1) is 0 Å². The molecule has 20 heavy (non-hydrogen) atoms. The van der Waals surface area contributed by atoms with E-state index in [-0.39, 0.29) is 5.11 Å². The predicted molar refractivity (Wildman–Crippen MR) is 82.6 cm³/mol. The van der Waals surface area contributed by atoms with Crippen molar-refractivity contribution in [3.8, 4) is 0 Å². The maximum atomic E-state index is 11.3. The van der Waals surface area contributed by atoms with E-state index in [0.717, 1.165) is 5.69 Å². The summed E-state index contributed by atoms with van der Waals surface area (Å²) in [6.07, 6.45) is 0. The summed E-state index contributed by atoms with van der Waals surface area (Å²) in [5.74, 6) is -0.978. The summed E-state index contributed by atoms with van der Waals surface area (Å²) in [5.41, 5.74) is 1.46. The maximum Gasteiger partial charge on any atom is 0.330 e. The molecule has 0 heterocycles. The van der Waals surface area contributed by atoms with Gasteiger partial charge in [-0.25, -0.2) is 4.79 Å². The highest BCUT2D eigenvalue weighted by Crippen LogP contribution is 2.13. The third kappa shape index (κ3) is 3.80. The van der Waals surface area contributed by atoms with Gasteiger partial charge in [0.15, 0.2) is 11.2 Å². The Bertz CT molecular complexity index is 587. The van der Waals surface area contributed by atoms with Gasteiger partial charge in [-0.05, 0) is 29.9 Å². The lowest BCUT2D eigenvalue weighted by atomic mass is 10.1. The van der Waals surface area contributed by atoms with E-state index in [4.69, 9.17) is 12.2 Å². The Kier molecular flexibility index (Phi) is 4.68. The van der Waals surface area contributed by atoms with Crippen molar-refractivity contribution in [2.75, 3.05) is 5.32 Å². The molecule has 4 nitrogen and oxygen atoms in total. The van der Waals surface area contributed by atoms with Gasteiger partial charge in [0.2, 0.25) is 0 Å². The number of aliphatic carboxylic acids is 1. The molecule has 2 rings (SSSR count). The first-order chi connectivity index (χ1) is 9.66. The average molecular weight is 286 g/mol. The number of thiocarbonyl (C=S) groups is 1. The lowest BCUT2D eigenvalue weighted by molar-refractivity contribution is -0.139. The van der Waals surface area contributed by atoms with Gasteiger partial charge in [-0.15, -0.1) is 0 Å². The minimum Gasteiger partial charge on any atom is -0.479 e. The van der Waals surface area contributed by atoms with Crippen molar-refractivity contribution in [1.82, 2.24) is 5.32 Å². The highest BCUT2D eigenvalue weighted by molar-refractivity contribution is 7.80. The summed E-state index contributed by atoms with van der Waals surface area (Å²) in [6, 6.07) is 17.4. The van der Waals surface area contributed by atoms with Gasteiger partial charge in [0, 0.05) is 5.69 Å². The molecule has 1 atom stereocenters. The van der Waals surface area contributed by atoms with Crippen molar-refractivity contribution >= 4 is 29.0 Å². The second-order valence-electron chi connectivity index (χ2n) is 4.15. The number of rotatable bonds is 4. The van der Waals surface area contributed by atoms with Crippen molar-refractivity contribution in [3.05, 3.63) is 66.2 Å². The number of carboxylic acids is 1. The second kappa shape index (κ2) is 6.68. The molecule has 0 aromatic heterocycles. The Morgan fingerprint density at radius 2 is 1.55 bits per heavy atom. The lowest BCUT2D eigenvalue weighted by Gasteiger charge is -2.17. The zero-order chi connectivity index (χ0) is 14.4. The lowest BCUT2D eigenvalue weighted by Crippen LogP contribution is -2.36. The first-order valence-electron chi connectivity index (χ1n) is 6.07. The van der Waals surface area contributed by atoms with Gasteiger partial charge in [-0.3, -0.25) is 0 Å². The Morgan fingerprint density at radius 3 is 2.10 bits per heavy atom. The molecule has 2 aromatic rings. The van der Waals surface area contributed by atoms with Crippen LogP contribution in [0.15, 0.2) is 60.7 Å². The molecule has 0 bridgehead atoms. The molecule has 3 N–H and O–H groups in total. The standard InChI is InChI=1S/C15H14N2O2S/c18-14(19)13(11-7-3-1-4-8-11)17-15(20)16-12-9-5-2-6-10-12/h1-10,13H,(H,18,19)(H2,16,17,20)/t13-/m1/s1. The molecule has 0 saturated carbocycles. The Morgan fingerprint density at radius 1 is 1.00 bits per heavy atom. The quantitative estimate of drug-likeness (QED) is 0.754. The molecule has 0 aliphatic carbocycles. The minimum atomic E-state index is -0.978. The number of carbonyl (C=O) groups is 1. The fraction of sp³-hybridized carbons (Fsp3) is 0.0667. The second-order valence-corrected chi connectivity index (χ2v) is 4.55. The number of hydrogen-bond acceptors (Lipinski definition) is 2. The van der Waals surface area contributed by atoms with E-state index in [9.17, 15) is 9.90 Å². The van der Waals surface area contributed by atoms with Gasteiger partial charge in [0.1, 0.15) is 0 Å². The zero-order valence-electron chi connectivity index (χ0n) is 10.6. The monoisotopic (exact) mass is 286 g/mol. The zero-order valence-corrected chi connectivity index (χ0v) is 11.4. The predicted octanol–water partition coefficient (Wildman–Crippen LogP) is 2.80. The summed E-state index contributed by atoms with van der Waals surface area (Å²) in [6.45, 7) is 0. The Balaban J connectivity index is 2.06. The van der Waals surface area contributed by atoms with E-state index in [1.165, 1.54) is 0 Å².